The third-order valence-electron chi connectivity index (χ3n) is 6.76. The molecule has 2 atom stereocenters. The van der Waals surface area contributed by atoms with E-state index in [-0.39, 0.29) is 23.9 Å². The van der Waals surface area contributed by atoms with Gasteiger partial charge in [-0.25, -0.2) is 9.97 Å². The molecule has 0 unspecified atom stereocenters. The third-order valence-corrected chi connectivity index (χ3v) is 6.76. The van der Waals surface area contributed by atoms with E-state index in [4.69, 9.17) is 0 Å². The monoisotopic (exact) mass is 455 g/mol. The summed E-state index contributed by atoms with van der Waals surface area (Å²) in [6.45, 7) is 1.26. The van der Waals surface area contributed by atoms with E-state index in [0.29, 0.717) is 31.0 Å². The maximum absolute atomic E-state index is 13.6. The zero-order valence-electron chi connectivity index (χ0n) is 19.1. The van der Waals surface area contributed by atoms with Crippen molar-refractivity contribution in [3.05, 3.63) is 84.2 Å². The van der Waals surface area contributed by atoms with Gasteiger partial charge < -0.3 is 15.1 Å². The first kappa shape index (κ1) is 22.1. The lowest BCUT2D eigenvalue weighted by molar-refractivity contribution is -0.135. The normalized spacial score (nSPS) is 20.4. The Kier molecular flexibility index (Phi) is 6.51. The highest BCUT2D eigenvalue weighted by molar-refractivity contribution is 5.95. The fourth-order valence-corrected chi connectivity index (χ4v) is 5.13. The van der Waals surface area contributed by atoms with Crippen LogP contribution in [0.1, 0.15) is 48.0 Å². The molecule has 2 saturated heterocycles. The molecule has 1 N–H and O–H groups in total. The van der Waals surface area contributed by atoms with Gasteiger partial charge in [-0.2, -0.15) is 0 Å². The topological polar surface area (TPSA) is 78.4 Å². The predicted molar refractivity (Wildman–Crippen MR) is 130 cm³/mol. The number of amides is 2. The zero-order chi connectivity index (χ0) is 23.3. The molecule has 0 bridgehead atoms. The lowest BCUT2D eigenvalue weighted by Gasteiger charge is -2.37. The first-order chi connectivity index (χ1) is 16.7. The summed E-state index contributed by atoms with van der Waals surface area (Å²) in [5.74, 6) is 0.697. The van der Waals surface area contributed by atoms with Crippen LogP contribution >= 0.6 is 0 Å². The lowest BCUT2D eigenvalue weighted by Crippen LogP contribution is -2.49. The summed E-state index contributed by atoms with van der Waals surface area (Å²) < 4.78 is 0. The summed E-state index contributed by atoms with van der Waals surface area (Å²) in [5.41, 5.74) is 2.53. The number of anilines is 2. The van der Waals surface area contributed by atoms with Crippen molar-refractivity contribution in [2.75, 3.05) is 11.9 Å². The predicted octanol–water partition coefficient (Wildman–Crippen LogP) is 4.41. The van der Waals surface area contributed by atoms with E-state index in [1.54, 1.807) is 18.5 Å². The Morgan fingerprint density at radius 1 is 0.941 bits per heavy atom. The number of hydrogen-bond donors (Lipinski definition) is 1. The molecule has 0 spiro atoms. The maximum atomic E-state index is 13.6. The SMILES string of the molecule is O=C(c1cccc(Nc2ncccn2)c1)N1CC[C@H]2[C@H]1CCCCC(=O)N2Cc1ccccc1. The van der Waals surface area contributed by atoms with Gasteiger partial charge in [0.2, 0.25) is 11.9 Å². The van der Waals surface area contributed by atoms with Crippen molar-refractivity contribution in [3.63, 3.8) is 0 Å². The number of fused-ring (bicyclic) bond motifs is 1. The van der Waals surface area contributed by atoms with Gasteiger partial charge in [0.1, 0.15) is 0 Å². The van der Waals surface area contributed by atoms with Crippen LogP contribution in [0.25, 0.3) is 0 Å². The smallest absolute Gasteiger partial charge is 0.254 e. The van der Waals surface area contributed by atoms with Crippen LogP contribution in [0.2, 0.25) is 0 Å². The molecule has 2 aliphatic rings. The molecule has 0 aliphatic carbocycles. The Hall–Kier alpha value is -3.74. The highest BCUT2D eigenvalue weighted by atomic mass is 16.2. The summed E-state index contributed by atoms with van der Waals surface area (Å²) in [4.78, 5) is 39.1. The number of nitrogens with zero attached hydrogens (tertiary/aromatic N) is 4. The van der Waals surface area contributed by atoms with Crippen LogP contribution in [0.5, 0.6) is 0 Å². The molecule has 174 valence electrons. The molecule has 5 rings (SSSR count). The van der Waals surface area contributed by atoms with E-state index < -0.39 is 0 Å². The molecule has 2 amide bonds. The van der Waals surface area contributed by atoms with Crippen molar-refractivity contribution in [1.29, 1.82) is 0 Å². The van der Waals surface area contributed by atoms with Crippen molar-refractivity contribution in [3.8, 4) is 0 Å². The molecule has 34 heavy (non-hydrogen) atoms. The fourth-order valence-electron chi connectivity index (χ4n) is 5.13. The van der Waals surface area contributed by atoms with E-state index in [1.165, 1.54) is 0 Å². The van der Waals surface area contributed by atoms with Crippen LogP contribution < -0.4 is 5.32 Å². The summed E-state index contributed by atoms with van der Waals surface area (Å²) in [5, 5.41) is 3.16. The second-order valence-corrected chi connectivity index (χ2v) is 8.95. The number of carbonyl (C=O) groups excluding carboxylic acids is 2. The molecule has 2 fully saturated rings. The zero-order valence-corrected chi connectivity index (χ0v) is 19.1. The highest BCUT2D eigenvalue weighted by Crippen LogP contribution is 2.32. The van der Waals surface area contributed by atoms with Gasteiger partial charge in [0.05, 0.1) is 12.1 Å². The number of likely N-dealkylation sites (tertiary alicyclic amines) is 2. The first-order valence-corrected chi connectivity index (χ1v) is 12.0. The van der Waals surface area contributed by atoms with E-state index in [0.717, 1.165) is 36.9 Å². The maximum Gasteiger partial charge on any atom is 0.254 e. The van der Waals surface area contributed by atoms with Crippen LogP contribution in [0.3, 0.4) is 0 Å². The van der Waals surface area contributed by atoms with E-state index in [9.17, 15) is 9.59 Å². The fraction of sp³-hybridized carbons (Fsp3) is 0.333. The Morgan fingerprint density at radius 3 is 2.59 bits per heavy atom. The number of benzene rings is 2. The standard InChI is InChI=1S/C27H29N5O2/c33-25-13-5-4-12-23-24(32(25)19-20-8-2-1-3-9-20)14-17-31(23)26(34)21-10-6-11-22(18-21)30-27-28-15-7-16-29-27/h1-3,6-11,15-16,18,23-24H,4-5,12-14,17,19H2,(H,28,29,30)/t23-,24+/m1/s1. The molecule has 3 aromatic rings. The van der Waals surface area contributed by atoms with Gasteiger partial charge in [0.15, 0.2) is 0 Å². The van der Waals surface area contributed by atoms with E-state index in [2.05, 4.69) is 27.4 Å². The molecule has 7 heteroatoms. The molecule has 2 aliphatic heterocycles. The molecular weight excluding hydrogens is 426 g/mol. The summed E-state index contributed by atoms with van der Waals surface area (Å²) >= 11 is 0. The minimum atomic E-state index is 0.0119. The Balaban J connectivity index is 1.36. The molecule has 1 aromatic heterocycles. The van der Waals surface area contributed by atoms with Crippen LogP contribution in [-0.4, -0.2) is 50.2 Å². The highest BCUT2D eigenvalue weighted by Gasteiger charge is 2.42. The van der Waals surface area contributed by atoms with Gasteiger partial charge in [-0.3, -0.25) is 9.59 Å². The second-order valence-electron chi connectivity index (χ2n) is 8.95. The molecule has 7 nitrogen and oxygen atoms in total. The number of nitrogens with one attached hydrogen (secondary N) is 1. The van der Waals surface area contributed by atoms with Gasteiger partial charge in [0.25, 0.3) is 5.91 Å². The third kappa shape index (κ3) is 4.78. The summed E-state index contributed by atoms with van der Waals surface area (Å²) in [6, 6.07) is 19.4. The van der Waals surface area contributed by atoms with E-state index >= 15 is 0 Å². The van der Waals surface area contributed by atoms with Crippen LogP contribution in [0.4, 0.5) is 11.6 Å². The molecular formula is C27H29N5O2. The van der Waals surface area contributed by atoms with Gasteiger partial charge in [-0.05, 0) is 49.1 Å². The Labute approximate surface area is 199 Å². The van der Waals surface area contributed by atoms with Crippen LogP contribution in [-0.2, 0) is 11.3 Å². The summed E-state index contributed by atoms with van der Waals surface area (Å²) in [7, 11) is 0. The number of aromatic nitrogens is 2. The number of rotatable bonds is 5. The minimum Gasteiger partial charge on any atom is -0.334 e. The quantitative estimate of drug-likeness (QED) is 0.617. The van der Waals surface area contributed by atoms with Crippen LogP contribution in [0.15, 0.2) is 73.1 Å². The first-order valence-electron chi connectivity index (χ1n) is 12.0. The van der Waals surface area contributed by atoms with E-state index in [1.807, 2.05) is 52.3 Å². The Bertz CT molecular complexity index is 1140. The average Bonchev–Trinajstić information content (AvgIpc) is 3.28. The minimum absolute atomic E-state index is 0.0119. The van der Waals surface area contributed by atoms with Crippen LogP contribution in [0, 0.1) is 0 Å². The number of carbonyl (C=O) groups is 2. The van der Waals surface area contributed by atoms with Crippen molar-refractivity contribution in [1.82, 2.24) is 19.8 Å². The summed E-state index contributed by atoms with van der Waals surface area (Å²) in [6.07, 6.45) is 7.49. The van der Waals surface area contributed by atoms with Crippen molar-refractivity contribution in [2.45, 2.75) is 50.7 Å². The van der Waals surface area contributed by atoms with Gasteiger partial charge in [-0.1, -0.05) is 42.8 Å². The van der Waals surface area contributed by atoms with Crippen molar-refractivity contribution in [2.24, 2.45) is 0 Å². The van der Waals surface area contributed by atoms with Gasteiger partial charge in [0, 0.05) is 43.2 Å². The number of hydrogen-bond acceptors (Lipinski definition) is 5. The Morgan fingerprint density at radius 2 is 1.76 bits per heavy atom. The molecule has 2 aromatic carbocycles. The largest absolute Gasteiger partial charge is 0.334 e. The van der Waals surface area contributed by atoms with Crippen molar-refractivity contribution < 1.29 is 9.59 Å². The van der Waals surface area contributed by atoms with Gasteiger partial charge in [-0.15, -0.1) is 0 Å². The van der Waals surface area contributed by atoms with Crippen molar-refractivity contribution >= 4 is 23.5 Å². The molecule has 3 heterocycles. The van der Waals surface area contributed by atoms with Gasteiger partial charge >= 0.3 is 0 Å². The average molecular weight is 456 g/mol. The lowest BCUT2D eigenvalue weighted by atomic mass is 9.96. The second kappa shape index (κ2) is 10.0. The molecule has 0 radical (unpaired) electrons. The molecule has 0 saturated carbocycles.